The number of imidazole rings is 1. The summed E-state index contributed by atoms with van der Waals surface area (Å²) in [5.41, 5.74) is 1.65. The van der Waals surface area contributed by atoms with E-state index in [0.717, 1.165) is 18.4 Å². The summed E-state index contributed by atoms with van der Waals surface area (Å²) in [5, 5.41) is 19.6. The molecular formula is C22H21N3O4. The third-order valence-electron chi connectivity index (χ3n) is 4.22. The van der Waals surface area contributed by atoms with Gasteiger partial charge in [0, 0.05) is 0 Å². The summed E-state index contributed by atoms with van der Waals surface area (Å²) in [5.74, 6) is -0.0943. The van der Waals surface area contributed by atoms with Crippen LogP contribution in [0.2, 0.25) is 0 Å². The fourth-order valence-corrected chi connectivity index (χ4v) is 2.64. The molecule has 2 N–H and O–H groups in total. The minimum Gasteiger partial charge on any atom is -0.507 e. The Hall–Kier alpha value is -3.79. The standard InChI is InChI=1S/C22H21N3O4/c1-2-3-12-28-16-10-8-15(9-11-16)22(27)29-14-20(26)17(13-23)21-24-18-6-4-5-7-19(18)25-21/h4-11,26H,2-3,12,14H2,1H3,(H,24,25). The maximum absolute atomic E-state index is 12.2. The molecule has 0 saturated carbocycles. The number of aromatic nitrogens is 2. The first-order valence-electron chi connectivity index (χ1n) is 9.29. The number of nitrogens with zero attached hydrogens (tertiary/aromatic N) is 2. The number of ether oxygens (including phenoxy) is 2. The number of hydrogen-bond donors (Lipinski definition) is 2. The predicted octanol–water partition coefficient (Wildman–Crippen LogP) is 4.39. The first-order chi connectivity index (χ1) is 14.1. The van der Waals surface area contributed by atoms with Crippen LogP contribution in [0.1, 0.15) is 35.9 Å². The second kappa shape index (κ2) is 9.42. The van der Waals surface area contributed by atoms with Gasteiger partial charge >= 0.3 is 5.97 Å². The molecule has 0 bridgehead atoms. The van der Waals surface area contributed by atoms with Crippen LogP contribution < -0.4 is 4.74 Å². The van der Waals surface area contributed by atoms with Crippen LogP contribution in [0.25, 0.3) is 16.6 Å². The van der Waals surface area contributed by atoms with Crippen LogP contribution in [0.15, 0.2) is 54.3 Å². The molecule has 29 heavy (non-hydrogen) atoms. The Balaban J connectivity index is 1.65. The number of aromatic amines is 1. The van der Waals surface area contributed by atoms with Crippen molar-refractivity contribution in [2.24, 2.45) is 0 Å². The Kier molecular flexibility index (Phi) is 6.48. The van der Waals surface area contributed by atoms with Crippen molar-refractivity contribution in [2.45, 2.75) is 19.8 Å². The summed E-state index contributed by atoms with van der Waals surface area (Å²) < 4.78 is 10.7. The number of H-pyrrole nitrogens is 1. The first-order valence-corrected chi connectivity index (χ1v) is 9.29. The molecule has 148 valence electrons. The molecule has 1 aromatic heterocycles. The van der Waals surface area contributed by atoms with Crippen LogP contribution >= 0.6 is 0 Å². The molecule has 0 aliphatic heterocycles. The van der Waals surface area contributed by atoms with E-state index < -0.39 is 12.6 Å². The second-order valence-corrected chi connectivity index (χ2v) is 6.34. The van der Waals surface area contributed by atoms with Crippen LogP contribution in [-0.4, -0.2) is 34.3 Å². The number of allylic oxidation sites excluding steroid dienone is 1. The minimum absolute atomic E-state index is 0.0753. The molecule has 0 radical (unpaired) electrons. The number of carbonyl (C=O) groups excluding carboxylic acids is 1. The Bertz CT molecular complexity index is 1030. The van der Waals surface area contributed by atoms with E-state index in [4.69, 9.17) is 9.47 Å². The number of para-hydroxylation sites is 2. The normalized spacial score (nSPS) is 11.6. The Morgan fingerprint density at radius 1 is 1.21 bits per heavy atom. The van der Waals surface area contributed by atoms with Crippen molar-refractivity contribution in [3.8, 4) is 11.8 Å². The summed E-state index contributed by atoms with van der Waals surface area (Å²) in [6.07, 6.45) is 2.00. The largest absolute Gasteiger partial charge is 0.507 e. The fraction of sp³-hybridized carbons (Fsp3) is 0.227. The number of fused-ring (bicyclic) bond motifs is 1. The van der Waals surface area contributed by atoms with Crippen molar-refractivity contribution < 1.29 is 19.4 Å². The van der Waals surface area contributed by atoms with Crippen LogP contribution in [0, 0.1) is 11.3 Å². The first kappa shape index (κ1) is 20.0. The van der Waals surface area contributed by atoms with Gasteiger partial charge in [-0.3, -0.25) is 0 Å². The lowest BCUT2D eigenvalue weighted by Crippen LogP contribution is -2.09. The quantitative estimate of drug-likeness (QED) is 0.255. The summed E-state index contributed by atoms with van der Waals surface area (Å²) in [6.45, 7) is 2.27. The Morgan fingerprint density at radius 2 is 1.97 bits per heavy atom. The topological polar surface area (TPSA) is 108 Å². The van der Waals surface area contributed by atoms with Gasteiger partial charge in [0.25, 0.3) is 0 Å². The van der Waals surface area contributed by atoms with Crippen molar-refractivity contribution >= 4 is 22.6 Å². The number of nitrogens with one attached hydrogen (secondary N) is 1. The van der Waals surface area contributed by atoms with Crippen LogP contribution in [0.5, 0.6) is 5.75 Å². The van der Waals surface area contributed by atoms with Crippen LogP contribution in [-0.2, 0) is 4.74 Å². The van der Waals surface area contributed by atoms with Gasteiger partial charge in [0.1, 0.15) is 24.0 Å². The predicted molar refractivity (Wildman–Crippen MR) is 108 cm³/mol. The Labute approximate surface area is 168 Å². The maximum Gasteiger partial charge on any atom is 0.338 e. The highest BCUT2D eigenvalue weighted by Crippen LogP contribution is 2.19. The zero-order chi connectivity index (χ0) is 20.6. The third kappa shape index (κ3) is 4.93. The zero-order valence-corrected chi connectivity index (χ0v) is 16.0. The lowest BCUT2D eigenvalue weighted by molar-refractivity contribution is 0.0502. The summed E-state index contributed by atoms with van der Waals surface area (Å²) in [4.78, 5) is 19.5. The number of unbranched alkanes of at least 4 members (excludes halogenated alkanes) is 1. The molecule has 0 amide bonds. The van der Waals surface area contributed by atoms with Gasteiger partial charge in [0.15, 0.2) is 11.6 Å². The lowest BCUT2D eigenvalue weighted by Gasteiger charge is -2.07. The molecule has 0 unspecified atom stereocenters. The van der Waals surface area contributed by atoms with Gasteiger partial charge in [-0.2, -0.15) is 5.26 Å². The number of aliphatic hydroxyl groups is 1. The van der Waals surface area contributed by atoms with E-state index >= 15 is 0 Å². The number of esters is 1. The SMILES string of the molecule is CCCCOc1ccc(C(=O)OCC(O)=C(C#N)c2nc3ccccc3[nH]2)cc1. The van der Waals surface area contributed by atoms with Crippen molar-refractivity contribution in [1.82, 2.24) is 9.97 Å². The summed E-state index contributed by atoms with van der Waals surface area (Å²) >= 11 is 0. The molecule has 0 atom stereocenters. The molecule has 0 spiro atoms. The number of benzene rings is 2. The van der Waals surface area contributed by atoms with Gasteiger partial charge in [-0.1, -0.05) is 25.5 Å². The second-order valence-electron chi connectivity index (χ2n) is 6.34. The van der Waals surface area contributed by atoms with Crippen LogP contribution in [0.4, 0.5) is 0 Å². The lowest BCUT2D eigenvalue weighted by atomic mass is 10.2. The minimum atomic E-state index is -0.612. The van der Waals surface area contributed by atoms with E-state index in [0.29, 0.717) is 23.4 Å². The van der Waals surface area contributed by atoms with Crippen LogP contribution in [0.3, 0.4) is 0 Å². The summed E-state index contributed by atoms with van der Waals surface area (Å²) in [7, 11) is 0. The van der Waals surface area contributed by atoms with Gasteiger partial charge in [0.05, 0.1) is 23.2 Å². The molecule has 0 aliphatic carbocycles. The average Bonchev–Trinajstić information content (AvgIpc) is 3.17. The number of rotatable bonds is 8. The van der Waals surface area contributed by atoms with E-state index in [-0.39, 0.29) is 17.2 Å². The molecule has 2 aromatic carbocycles. The number of hydrogen-bond acceptors (Lipinski definition) is 6. The molecule has 7 nitrogen and oxygen atoms in total. The molecule has 0 aliphatic rings. The van der Waals surface area contributed by atoms with Gasteiger partial charge in [-0.25, -0.2) is 9.78 Å². The highest BCUT2D eigenvalue weighted by Gasteiger charge is 2.15. The average molecular weight is 391 g/mol. The van der Waals surface area contributed by atoms with E-state index in [1.54, 1.807) is 30.3 Å². The van der Waals surface area contributed by atoms with E-state index in [1.807, 2.05) is 24.3 Å². The molecule has 3 aromatic rings. The molecular weight excluding hydrogens is 370 g/mol. The highest BCUT2D eigenvalue weighted by atomic mass is 16.5. The smallest absolute Gasteiger partial charge is 0.338 e. The number of nitriles is 1. The number of carbonyl (C=O) groups is 1. The monoisotopic (exact) mass is 391 g/mol. The summed E-state index contributed by atoms with van der Waals surface area (Å²) in [6, 6.07) is 15.7. The fourth-order valence-electron chi connectivity index (χ4n) is 2.64. The van der Waals surface area contributed by atoms with Gasteiger partial charge in [-0.05, 0) is 42.8 Å². The Morgan fingerprint density at radius 3 is 2.66 bits per heavy atom. The van der Waals surface area contributed by atoms with Gasteiger partial charge in [-0.15, -0.1) is 0 Å². The molecule has 3 rings (SSSR count). The molecule has 0 fully saturated rings. The van der Waals surface area contributed by atoms with E-state index in [2.05, 4.69) is 16.9 Å². The van der Waals surface area contributed by atoms with E-state index in [1.165, 1.54) is 0 Å². The molecule has 0 saturated heterocycles. The molecule has 1 heterocycles. The van der Waals surface area contributed by atoms with Crippen molar-refractivity contribution in [1.29, 1.82) is 5.26 Å². The highest BCUT2D eigenvalue weighted by molar-refractivity contribution is 5.90. The van der Waals surface area contributed by atoms with E-state index in [9.17, 15) is 15.2 Å². The van der Waals surface area contributed by atoms with Crippen molar-refractivity contribution in [3.05, 3.63) is 65.7 Å². The van der Waals surface area contributed by atoms with Gasteiger partial charge < -0.3 is 19.6 Å². The zero-order valence-electron chi connectivity index (χ0n) is 16.0. The van der Waals surface area contributed by atoms with Gasteiger partial charge in [0.2, 0.25) is 0 Å². The maximum atomic E-state index is 12.2. The van der Waals surface area contributed by atoms with Crippen molar-refractivity contribution in [2.75, 3.05) is 13.2 Å². The molecule has 7 heteroatoms. The third-order valence-corrected chi connectivity index (χ3v) is 4.22. The van der Waals surface area contributed by atoms with Crippen molar-refractivity contribution in [3.63, 3.8) is 0 Å². The number of aliphatic hydroxyl groups excluding tert-OH is 1.